The Morgan fingerprint density at radius 1 is 1.45 bits per heavy atom. The van der Waals surface area contributed by atoms with Crippen LogP contribution in [0.25, 0.3) is 0 Å². The minimum Gasteiger partial charge on any atom is -0.465 e. The summed E-state index contributed by atoms with van der Waals surface area (Å²) in [5.41, 5.74) is 0.484. The molecule has 0 aromatic carbocycles. The fourth-order valence-corrected chi connectivity index (χ4v) is 3.17. The van der Waals surface area contributed by atoms with Crippen molar-refractivity contribution in [2.75, 3.05) is 17.7 Å². The fraction of sp³-hybridized carbons (Fsp3) is 0.214. The summed E-state index contributed by atoms with van der Waals surface area (Å²) in [6.45, 7) is 2.03. The average Bonchev–Trinajstić information content (AvgIpc) is 2.91. The standard InChI is InChI=1S/C14H14BrN3O2S2/c1-3-9-6-10(13(19)20-2)12(22-9)18-14(21)17-11-5-4-8(15)7-16-11/h4-7H,3H2,1-2H3,(H2,16,17,18,21). The van der Waals surface area contributed by atoms with E-state index in [1.807, 2.05) is 19.1 Å². The number of nitrogens with zero attached hydrogens (tertiary/aromatic N) is 1. The van der Waals surface area contributed by atoms with Crippen molar-refractivity contribution in [1.82, 2.24) is 4.98 Å². The molecule has 116 valence electrons. The normalized spacial score (nSPS) is 10.1. The van der Waals surface area contributed by atoms with Crippen molar-refractivity contribution in [3.05, 3.63) is 39.3 Å². The Kier molecular flexibility index (Phi) is 5.87. The number of esters is 1. The van der Waals surface area contributed by atoms with Crippen LogP contribution in [0.4, 0.5) is 10.8 Å². The number of hydrogen-bond donors (Lipinski definition) is 2. The first kappa shape index (κ1) is 16.9. The number of pyridine rings is 1. The highest BCUT2D eigenvalue weighted by Crippen LogP contribution is 2.29. The number of thiocarbonyl (C=S) groups is 1. The van der Waals surface area contributed by atoms with Crippen LogP contribution in [0, 0.1) is 0 Å². The first-order valence-corrected chi connectivity index (χ1v) is 8.45. The molecule has 5 nitrogen and oxygen atoms in total. The van der Waals surface area contributed by atoms with E-state index in [1.165, 1.54) is 18.4 Å². The molecule has 0 saturated carbocycles. The van der Waals surface area contributed by atoms with E-state index in [0.717, 1.165) is 15.8 Å². The molecule has 0 spiro atoms. The number of thiophene rings is 1. The molecule has 0 fully saturated rings. The van der Waals surface area contributed by atoms with Gasteiger partial charge in [-0.1, -0.05) is 6.92 Å². The van der Waals surface area contributed by atoms with Gasteiger partial charge in [0.25, 0.3) is 0 Å². The number of ether oxygens (including phenoxy) is 1. The van der Waals surface area contributed by atoms with E-state index < -0.39 is 0 Å². The van der Waals surface area contributed by atoms with Gasteiger partial charge in [-0.2, -0.15) is 0 Å². The number of nitrogens with one attached hydrogen (secondary N) is 2. The molecule has 0 aliphatic heterocycles. The summed E-state index contributed by atoms with van der Waals surface area (Å²) in [6.07, 6.45) is 2.51. The molecule has 0 unspecified atom stereocenters. The van der Waals surface area contributed by atoms with Crippen molar-refractivity contribution in [1.29, 1.82) is 0 Å². The van der Waals surface area contributed by atoms with Crippen molar-refractivity contribution in [2.45, 2.75) is 13.3 Å². The number of anilines is 2. The lowest BCUT2D eigenvalue weighted by atomic mass is 10.2. The van der Waals surface area contributed by atoms with E-state index in [9.17, 15) is 4.79 Å². The van der Waals surface area contributed by atoms with Gasteiger partial charge in [0, 0.05) is 15.5 Å². The van der Waals surface area contributed by atoms with Crippen LogP contribution in [-0.4, -0.2) is 23.2 Å². The van der Waals surface area contributed by atoms with Gasteiger partial charge < -0.3 is 15.4 Å². The molecular weight excluding hydrogens is 386 g/mol. The Morgan fingerprint density at radius 2 is 2.23 bits per heavy atom. The number of hydrogen-bond acceptors (Lipinski definition) is 5. The lowest BCUT2D eigenvalue weighted by Gasteiger charge is -2.09. The van der Waals surface area contributed by atoms with Crippen LogP contribution in [0.1, 0.15) is 22.2 Å². The summed E-state index contributed by atoms with van der Waals surface area (Å²) in [7, 11) is 1.36. The van der Waals surface area contributed by atoms with Crippen LogP contribution in [-0.2, 0) is 11.2 Å². The summed E-state index contributed by atoms with van der Waals surface area (Å²) < 4.78 is 5.68. The van der Waals surface area contributed by atoms with E-state index in [4.69, 9.17) is 17.0 Å². The van der Waals surface area contributed by atoms with Gasteiger partial charge in [0.05, 0.1) is 12.7 Å². The SMILES string of the molecule is CCc1cc(C(=O)OC)c(NC(=S)Nc2ccc(Br)cn2)s1. The summed E-state index contributed by atoms with van der Waals surface area (Å²) >= 11 is 10.1. The third kappa shape index (κ3) is 4.25. The van der Waals surface area contributed by atoms with E-state index in [-0.39, 0.29) is 5.97 Å². The van der Waals surface area contributed by atoms with Gasteiger partial charge in [-0.05, 0) is 52.8 Å². The number of halogens is 1. The second-order valence-electron chi connectivity index (χ2n) is 4.24. The van der Waals surface area contributed by atoms with Gasteiger partial charge in [-0.3, -0.25) is 0 Å². The Labute approximate surface area is 146 Å². The molecule has 0 saturated heterocycles. The largest absolute Gasteiger partial charge is 0.465 e. The van der Waals surface area contributed by atoms with Crippen LogP contribution >= 0.6 is 39.5 Å². The number of carbonyl (C=O) groups excluding carboxylic acids is 1. The number of carbonyl (C=O) groups is 1. The maximum Gasteiger partial charge on any atom is 0.340 e. The summed E-state index contributed by atoms with van der Waals surface area (Å²) in [5.74, 6) is 0.232. The monoisotopic (exact) mass is 399 g/mol. The van der Waals surface area contributed by atoms with Gasteiger partial charge >= 0.3 is 5.97 Å². The molecule has 2 heterocycles. The molecule has 2 rings (SSSR count). The Bertz CT molecular complexity index is 686. The fourth-order valence-electron chi connectivity index (χ4n) is 1.67. The third-order valence-electron chi connectivity index (χ3n) is 2.73. The molecule has 0 amide bonds. The molecule has 0 radical (unpaired) electrons. The second kappa shape index (κ2) is 7.66. The van der Waals surface area contributed by atoms with Crippen molar-refractivity contribution in [3.8, 4) is 0 Å². The summed E-state index contributed by atoms with van der Waals surface area (Å²) in [6, 6.07) is 5.47. The van der Waals surface area contributed by atoms with Crippen LogP contribution < -0.4 is 10.6 Å². The average molecular weight is 400 g/mol. The highest BCUT2D eigenvalue weighted by atomic mass is 79.9. The zero-order valence-corrected chi connectivity index (χ0v) is 15.2. The zero-order valence-electron chi connectivity index (χ0n) is 12.0. The highest BCUT2D eigenvalue weighted by Gasteiger charge is 2.17. The van der Waals surface area contributed by atoms with E-state index in [2.05, 4.69) is 31.5 Å². The van der Waals surface area contributed by atoms with Crippen molar-refractivity contribution >= 4 is 61.4 Å². The number of methoxy groups -OCH3 is 1. The quantitative estimate of drug-likeness (QED) is 0.596. The van der Waals surface area contributed by atoms with E-state index >= 15 is 0 Å². The molecular formula is C14H14BrN3O2S2. The molecule has 2 aromatic heterocycles. The predicted molar refractivity (Wildman–Crippen MR) is 96.8 cm³/mol. The Balaban J connectivity index is 2.12. The molecule has 8 heteroatoms. The van der Waals surface area contributed by atoms with Crippen LogP contribution in [0.2, 0.25) is 0 Å². The van der Waals surface area contributed by atoms with Gasteiger partial charge in [-0.25, -0.2) is 9.78 Å². The summed E-state index contributed by atoms with van der Waals surface area (Å²) in [4.78, 5) is 17.1. The van der Waals surface area contributed by atoms with Gasteiger partial charge in [-0.15, -0.1) is 11.3 Å². The van der Waals surface area contributed by atoms with E-state index in [0.29, 0.717) is 21.5 Å². The molecule has 0 bridgehead atoms. The highest BCUT2D eigenvalue weighted by molar-refractivity contribution is 9.10. The molecule has 0 aliphatic carbocycles. The first-order chi connectivity index (χ1) is 10.5. The van der Waals surface area contributed by atoms with Crippen LogP contribution in [0.3, 0.4) is 0 Å². The maximum atomic E-state index is 11.8. The second-order valence-corrected chi connectivity index (χ2v) is 6.70. The predicted octanol–water partition coefficient (Wildman–Crippen LogP) is 4.06. The minimum atomic E-state index is -0.386. The summed E-state index contributed by atoms with van der Waals surface area (Å²) in [5, 5.41) is 7.03. The van der Waals surface area contributed by atoms with Gasteiger partial charge in [0.1, 0.15) is 10.8 Å². The molecule has 0 aliphatic rings. The van der Waals surface area contributed by atoms with Gasteiger partial charge in [0.15, 0.2) is 5.11 Å². The van der Waals surface area contributed by atoms with E-state index in [1.54, 1.807) is 12.3 Å². The van der Waals surface area contributed by atoms with Crippen molar-refractivity contribution in [2.24, 2.45) is 0 Å². The van der Waals surface area contributed by atoms with Crippen LogP contribution in [0.5, 0.6) is 0 Å². The Morgan fingerprint density at radius 3 is 2.82 bits per heavy atom. The van der Waals surface area contributed by atoms with Crippen molar-refractivity contribution in [3.63, 3.8) is 0 Å². The molecule has 22 heavy (non-hydrogen) atoms. The zero-order chi connectivity index (χ0) is 16.1. The molecule has 2 aromatic rings. The molecule has 0 atom stereocenters. The third-order valence-corrected chi connectivity index (χ3v) is 4.60. The number of aryl methyl sites for hydroxylation is 1. The lowest BCUT2D eigenvalue weighted by Crippen LogP contribution is -2.20. The lowest BCUT2D eigenvalue weighted by molar-refractivity contribution is 0.0602. The topological polar surface area (TPSA) is 63.2 Å². The van der Waals surface area contributed by atoms with Crippen LogP contribution in [0.15, 0.2) is 28.9 Å². The minimum absolute atomic E-state index is 0.365. The maximum absolute atomic E-state index is 11.8. The Hall–Kier alpha value is -1.51. The number of rotatable bonds is 4. The smallest absolute Gasteiger partial charge is 0.340 e. The number of aromatic nitrogens is 1. The van der Waals surface area contributed by atoms with Gasteiger partial charge in [0.2, 0.25) is 0 Å². The van der Waals surface area contributed by atoms with Crippen molar-refractivity contribution < 1.29 is 9.53 Å². The first-order valence-electron chi connectivity index (χ1n) is 6.44. The molecule has 2 N–H and O–H groups in total.